The molecule has 19 nitrogen and oxygen atoms in total. The largest absolute Gasteiger partial charge is 0.462 e. The van der Waals surface area contributed by atoms with Crippen LogP contribution in [0.15, 0.2) is 36.8 Å². The lowest BCUT2D eigenvalue weighted by Crippen LogP contribution is -2.54. The molecule has 0 radical (unpaired) electrons. The molecular weight excluding hydrogens is 898 g/mol. The molecule has 3 aromatic rings. The van der Waals surface area contributed by atoms with Gasteiger partial charge in [0, 0.05) is 127 Å². The molecule has 2 saturated carbocycles. The normalized spacial score (nSPS) is 25.6. The first kappa shape index (κ1) is 49.3. The van der Waals surface area contributed by atoms with Crippen LogP contribution < -0.4 is 26.2 Å². The van der Waals surface area contributed by atoms with E-state index in [-0.39, 0.29) is 54.4 Å². The maximum atomic E-state index is 15.3. The van der Waals surface area contributed by atoms with Crippen molar-refractivity contribution in [3.63, 3.8) is 0 Å². The van der Waals surface area contributed by atoms with Gasteiger partial charge >= 0.3 is 5.97 Å². The minimum atomic E-state index is -0.563. The number of nitrogens with zero attached hydrogens (tertiary/aromatic N) is 9. The number of halogens is 1. The zero-order valence-electron chi connectivity index (χ0n) is 40.8. The number of likely N-dealkylation sites (tertiary alicyclic amines) is 1. The van der Waals surface area contributed by atoms with Crippen molar-refractivity contribution in [2.24, 2.45) is 18.9 Å². The van der Waals surface area contributed by atoms with Crippen molar-refractivity contribution in [3.8, 4) is 0 Å². The Kier molecular flexibility index (Phi) is 15.9. The Balaban J connectivity index is 0.650. The lowest BCUT2D eigenvalue weighted by atomic mass is 9.79. The first-order valence-corrected chi connectivity index (χ1v) is 25.7. The molecular formula is C50H70FN13O6. The van der Waals surface area contributed by atoms with Crippen LogP contribution in [0, 0.1) is 17.7 Å². The maximum absolute atomic E-state index is 15.3. The van der Waals surface area contributed by atoms with Crippen molar-refractivity contribution < 1.29 is 33.1 Å². The van der Waals surface area contributed by atoms with Crippen LogP contribution in [-0.2, 0) is 31.0 Å². The van der Waals surface area contributed by atoms with Crippen molar-refractivity contribution >= 4 is 58.3 Å². The summed E-state index contributed by atoms with van der Waals surface area (Å²) in [5.41, 5.74) is 2.13. The van der Waals surface area contributed by atoms with Crippen LogP contribution in [0.3, 0.4) is 0 Å². The molecule has 2 aliphatic carbocycles. The third kappa shape index (κ3) is 12.1. The molecule has 20 heteroatoms. The van der Waals surface area contributed by atoms with E-state index < -0.39 is 12.0 Å². The lowest BCUT2D eigenvalue weighted by molar-refractivity contribution is -0.139. The highest BCUT2D eigenvalue weighted by Crippen LogP contribution is 2.34. The molecule has 1 aromatic carbocycles. The minimum Gasteiger partial charge on any atom is -0.462 e. The topological polar surface area (TPSA) is 202 Å². The van der Waals surface area contributed by atoms with Crippen molar-refractivity contribution in [2.45, 2.75) is 108 Å². The average molecular weight is 968 g/mol. The number of hydrogen-bond donors (Lipinski definition) is 4. The van der Waals surface area contributed by atoms with E-state index in [1.807, 2.05) is 13.2 Å². The van der Waals surface area contributed by atoms with Gasteiger partial charge in [-0.05, 0) is 95.8 Å². The van der Waals surface area contributed by atoms with Crippen LogP contribution in [0.4, 0.5) is 33.2 Å². The van der Waals surface area contributed by atoms with Gasteiger partial charge in [0.2, 0.25) is 23.7 Å². The first-order valence-electron chi connectivity index (χ1n) is 25.7. The quantitative estimate of drug-likeness (QED) is 0.126. The van der Waals surface area contributed by atoms with E-state index in [4.69, 9.17) is 4.74 Å². The Bertz CT molecular complexity index is 2330. The summed E-state index contributed by atoms with van der Waals surface area (Å²) in [7, 11) is 1.84. The van der Waals surface area contributed by atoms with Crippen LogP contribution in [0.5, 0.6) is 0 Å². The molecule has 4 saturated heterocycles. The number of carbonyl (C=O) groups is 5. The van der Waals surface area contributed by atoms with Crippen molar-refractivity contribution in [3.05, 3.63) is 48.2 Å². The standard InChI is InChI=1S/C50H70FN13O6/c1-3-70-49(69)40-30-52-50(56-37-29-53-59(2)31-37)58-46(40)55-35-8-11-38(12-9-35)61-22-20-60(21-23-61)32-44(65)33-4-6-34(7-5-33)48(68)64-18-16-39(17-19-64)62-24-26-63(27-25-62)43-14-10-36(28-41(43)51)54-42-13-15-45(66)57-47(42)67/h10,14,28-31,33-35,38-39,42,54H,3-9,11-13,15-27,32H2,1-2H3,(H,57,66,67)(H2,52,55,56,58). The fourth-order valence-electron chi connectivity index (χ4n) is 11.5. The summed E-state index contributed by atoms with van der Waals surface area (Å²) in [5, 5.41) is 16.3. The summed E-state index contributed by atoms with van der Waals surface area (Å²) < 4.78 is 22.3. The van der Waals surface area contributed by atoms with E-state index in [0.29, 0.717) is 72.6 Å². The third-order valence-electron chi connectivity index (χ3n) is 15.6. The van der Waals surface area contributed by atoms with E-state index in [0.717, 1.165) is 122 Å². The molecule has 0 spiro atoms. The van der Waals surface area contributed by atoms with Gasteiger partial charge < -0.3 is 30.5 Å². The fourth-order valence-corrected chi connectivity index (χ4v) is 11.5. The highest BCUT2D eigenvalue weighted by Gasteiger charge is 2.37. The number of benzene rings is 1. The number of carbonyl (C=O) groups excluding carboxylic acids is 5. The number of anilines is 5. The lowest BCUT2D eigenvalue weighted by Gasteiger charge is -2.44. The first-order chi connectivity index (χ1) is 34.0. The summed E-state index contributed by atoms with van der Waals surface area (Å²) in [6.45, 7) is 10.7. The number of aryl methyl sites for hydroxylation is 1. The van der Waals surface area contributed by atoms with E-state index in [2.05, 4.69) is 60.8 Å². The number of Topliss-reactive ketones (excluding diaryl/α,β-unsaturated/α-hetero) is 1. The van der Waals surface area contributed by atoms with Gasteiger partial charge in [0.1, 0.15) is 29.0 Å². The van der Waals surface area contributed by atoms with Gasteiger partial charge in [-0.15, -0.1) is 0 Å². The molecule has 9 rings (SSSR count). The summed E-state index contributed by atoms with van der Waals surface area (Å²) in [4.78, 5) is 84.3. The second kappa shape index (κ2) is 22.6. The molecule has 2 aromatic heterocycles. The number of piperazine rings is 2. The van der Waals surface area contributed by atoms with Gasteiger partial charge in [0.15, 0.2) is 0 Å². The summed E-state index contributed by atoms with van der Waals surface area (Å²) in [6, 6.07) is 5.44. The van der Waals surface area contributed by atoms with Crippen LogP contribution >= 0.6 is 0 Å². The van der Waals surface area contributed by atoms with E-state index in [1.54, 1.807) is 29.9 Å². The van der Waals surface area contributed by atoms with Crippen molar-refractivity contribution in [1.82, 2.24) is 44.7 Å². The molecule has 6 aliphatic rings. The van der Waals surface area contributed by atoms with Crippen molar-refractivity contribution in [2.75, 3.05) is 99.4 Å². The average Bonchev–Trinajstić information content (AvgIpc) is 3.79. The molecule has 6 heterocycles. The molecule has 1 atom stereocenters. The second-order valence-corrected chi connectivity index (χ2v) is 20.1. The number of esters is 1. The van der Waals surface area contributed by atoms with E-state index >= 15 is 4.39 Å². The van der Waals surface area contributed by atoms with Crippen LogP contribution in [0.1, 0.15) is 94.3 Å². The molecule has 378 valence electrons. The Morgan fingerprint density at radius 1 is 0.786 bits per heavy atom. The number of rotatable bonds is 15. The van der Waals surface area contributed by atoms with Crippen LogP contribution in [0.2, 0.25) is 0 Å². The maximum Gasteiger partial charge on any atom is 0.343 e. The summed E-state index contributed by atoms with van der Waals surface area (Å²) in [5.74, 6) is -0.0428. The van der Waals surface area contributed by atoms with Crippen LogP contribution in [0.25, 0.3) is 0 Å². The molecule has 1 unspecified atom stereocenters. The number of amides is 3. The Morgan fingerprint density at radius 3 is 2.13 bits per heavy atom. The number of nitrogens with one attached hydrogen (secondary N) is 4. The van der Waals surface area contributed by atoms with Gasteiger partial charge in [-0.2, -0.15) is 10.1 Å². The molecule has 3 amide bonds. The highest BCUT2D eigenvalue weighted by atomic mass is 19.1. The number of ketones is 1. The SMILES string of the molecule is CCOC(=O)c1cnc(Nc2cnn(C)c2)nc1NC1CCC(N2CCN(CC(=O)C3CCC(C(=O)N4CCC(N5CCN(c6ccc(NC7CCC(=O)NC7=O)cc6F)CC5)CC4)CC3)CC2)CC1. The zero-order chi connectivity index (χ0) is 48.7. The van der Waals surface area contributed by atoms with E-state index in [9.17, 15) is 24.0 Å². The van der Waals surface area contributed by atoms with Crippen molar-refractivity contribution in [1.29, 1.82) is 0 Å². The van der Waals surface area contributed by atoms with Gasteiger partial charge in [-0.3, -0.25) is 43.9 Å². The predicted octanol–water partition coefficient (Wildman–Crippen LogP) is 4.02. The minimum absolute atomic E-state index is 0.00837. The molecule has 70 heavy (non-hydrogen) atoms. The molecule has 0 bridgehead atoms. The fraction of sp³-hybridized carbons (Fsp3) is 0.640. The third-order valence-corrected chi connectivity index (χ3v) is 15.6. The molecule has 4 N–H and O–H groups in total. The highest BCUT2D eigenvalue weighted by molar-refractivity contribution is 6.01. The van der Waals surface area contributed by atoms with Gasteiger partial charge in [-0.25, -0.2) is 14.2 Å². The monoisotopic (exact) mass is 968 g/mol. The van der Waals surface area contributed by atoms with Crippen LogP contribution in [-0.4, -0.2) is 172 Å². The molecule has 6 fully saturated rings. The van der Waals surface area contributed by atoms with Gasteiger partial charge in [-0.1, -0.05) is 0 Å². The summed E-state index contributed by atoms with van der Waals surface area (Å²) >= 11 is 0. The Labute approximate surface area is 409 Å². The number of ether oxygens (including phenoxy) is 1. The number of hydrogen-bond acceptors (Lipinski definition) is 16. The zero-order valence-corrected chi connectivity index (χ0v) is 40.8. The van der Waals surface area contributed by atoms with Gasteiger partial charge in [0.05, 0.1) is 30.7 Å². The number of piperidine rings is 2. The Hall–Kier alpha value is -5.73. The van der Waals surface area contributed by atoms with E-state index in [1.165, 1.54) is 12.3 Å². The second-order valence-electron chi connectivity index (χ2n) is 20.1. The number of imide groups is 1. The predicted molar refractivity (Wildman–Crippen MR) is 262 cm³/mol. The van der Waals surface area contributed by atoms with Gasteiger partial charge in [0.25, 0.3) is 0 Å². The molecule has 4 aliphatic heterocycles. The Morgan fingerprint density at radius 2 is 1.47 bits per heavy atom. The smallest absolute Gasteiger partial charge is 0.343 e. The number of aromatic nitrogens is 4. The summed E-state index contributed by atoms with van der Waals surface area (Å²) in [6.07, 6.45) is 14.6.